The topological polar surface area (TPSA) is 46.6 Å². The number of nitrogens with zero attached hydrogens (tertiary/aromatic N) is 1. The van der Waals surface area contributed by atoms with Crippen LogP contribution in [-0.4, -0.2) is 11.8 Å². The molecule has 0 radical (unpaired) electrons. The number of halogens is 1. The van der Waals surface area contributed by atoms with Crippen LogP contribution in [0.2, 0.25) is 0 Å². The third-order valence-electron chi connectivity index (χ3n) is 5.02. The number of allylic oxidation sites excluding steroid dienone is 2. The van der Waals surface area contributed by atoms with Gasteiger partial charge in [-0.2, -0.15) is 0 Å². The maximum absolute atomic E-state index is 12.8. The number of amides is 2. The van der Waals surface area contributed by atoms with Gasteiger partial charge in [0.1, 0.15) is 11.5 Å². The third kappa shape index (κ3) is 2.97. The van der Waals surface area contributed by atoms with Crippen LogP contribution in [0, 0.1) is 17.8 Å². The summed E-state index contributed by atoms with van der Waals surface area (Å²) in [5.41, 5.74) is 0.602. The van der Waals surface area contributed by atoms with Gasteiger partial charge in [0.15, 0.2) is 0 Å². The average Bonchev–Trinajstić information content (AvgIpc) is 2.90. The molecule has 2 amide bonds. The second-order valence-corrected chi connectivity index (χ2v) is 7.63. The zero-order valence-electron chi connectivity index (χ0n) is 14.3. The van der Waals surface area contributed by atoms with Crippen molar-refractivity contribution >= 4 is 33.4 Å². The summed E-state index contributed by atoms with van der Waals surface area (Å²) in [5, 5.41) is 0. The molecule has 132 valence electrons. The molecule has 1 aliphatic heterocycles. The van der Waals surface area contributed by atoms with Crippen molar-refractivity contribution in [1.82, 2.24) is 0 Å². The molecule has 0 N–H and O–H groups in total. The van der Waals surface area contributed by atoms with Crippen molar-refractivity contribution < 1.29 is 14.3 Å². The molecule has 2 aliphatic rings. The Balaban J connectivity index is 1.54. The molecule has 1 aliphatic carbocycles. The van der Waals surface area contributed by atoms with Gasteiger partial charge in [0.25, 0.3) is 0 Å². The summed E-state index contributed by atoms with van der Waals surface area (Å²) >= 11 is 3.39. The van der Waals surface area contributed by atoms with Crippen molar-refractivity contribution in [2.24, 2.45) is 17.8 Å². The number of ether oxygens (including phenoxy) is 1. The first kappa shape index (κ1) is 17.0. The van der Waals surface area contributed by atoms with E-state index in [0.29, 0.717) is 17.9 Å². The van der Waals surface area contributed by atoms with E-state index in [4.69, 9.17) is 4.74 Å². The van der Waals surface area contributed by atoms with Gasteiger partial charge in [0.05, 0.1) is 17.5 Å². The van der Waals surface area contributed by atoms with E-state index in [9.17, 15) is 9.59 Å². The van der Waals surface area contributed by atoms with Crippen molar-refractivity contribution in [3.05, 3.63) is 65.2 Å². The molecule has 4 rings (SSSR count). The number of fused-ring (bicyclic) bond motifs is 1. The minimum absolute atomic E-state index is 0.0928. The predicted molar refractivity (Wildman–Crippen MR) is 103 cm³/mol. The van der Waals surface area contributed by atoms with Gasteiger partial charge in [0, 0.05) is 4.47 Å². The van der Waals surface area contributed by atoms with Crippen molar-refractivity contribution in [2.75, 3.05) is 4.90 Å². The number of benzene rings is 2. The van der Waals surface area contributed by atoms with Gasteiger partial charge in [-0.25, -0.2) is 0 Å². The minimum atomic E-state index is -0.244. The Kier molecular flexibility index (Phi) is 4.41. The summed E-state index contributed by atoms with van der Waals surface area (Å²) in [6, 6.07) is 14.6. The highest BCUT2D eigenvalue weighted by molar-refractivity contribution is 9.10. The van der Waals surface area contributed by atoms with Crippen LogP contribution in [-0.2, 0) is 9.59 Å². The Hall–Kier alpha value is -2.40. The number of rotatable bonds is 3. The average molecular weight is 412 g/mol. The lowest BCUT2D eigenvalue weighted by molar-refractivity contribution is -0.122. The summed E-state index contributed by atoms with van der Waals surface area (Å²) in [6.45, 7) is 2.00. The zero-order valence-corrected chi connectivity index (χ0v) is 15.8. The molecule has 26 heavy (non-hydrogen) atoms. The van der Waals surface area contributed by atoms with Gasteiger partial charge in [-0.3, -0.25) is 14.5 Å². The van der Waals surface area contributed by atoms with Crippen molar-refractivity contribution in [1.29, 1.82) is 0 Å². The van der Waals surface area contributed by atoms with Crippen LogP contribution in [0.15, 0.2) is 65.2 Å². The Morgan fingerprint density at radius 2 is 1.58 bits per heavy atom. The fourth-order valence-electron chi connectivity index (χ4n) is 3.70. The van der Waals surface area contributed by atoms with Gasteiger partial charge in [-0.15, -0.1) is 0 Å². The van der Waals surface area contributed by atoms with Gasteiger partial charge >= 0.3 is 0 Å². The summed E-state index contributed by atoms with van der Waals surface area (Å²) in [7, 11) is 0. The molecule has 1 heterocycles. The first-order chi connectivity index (χ1) is 12.5. The molecule has 1 saturated heterocycles. The summed E-state index contributed by atoms with van der Waals surface area (Å²) in [6.07, 6.45) is 4.68. The fraction of sp³-hybridized carbons (Fsp3) is 0.238. The standard InChI is InChI=1S/C21H18BrNO3/c1-13-3-2-4-18-19(13)21(25)23(20(18)24)15-7-11-17(12-8-15)26-16-9-5-14(22)6-10-16/h2-3,5-13,18-19H,4H2,1H3/t13-,18-,19-/m1/s1. The molecule has 3 atom stereocenters. The molecule has 0 bridgehead atoms. The van der Waals surface area contributed by atoms with E-state index in [1.807, 2.05) is 43.3 Å². The molecule has 2 aromatic rings. The lowest BCUT2D eigenvalue weighted by Gasteiger charge is -2.22. The Morgan fingerprint density at radius 1 is 0.962 bits per heavy atom. The molecular formula is C21H18BrNO3. The highest BCUT2D eigenvalue weighted by atomic mass is 79.9. The maximum Gasteiger partial charge on any atom is 0.238 e. The molecule has 0 spiro atoms. The number of hydrogen-bond acceptors (Lipinski definition) is 3. The molecular weight excluding hydrogens is 394 g/mol. The van der Waals surface area contributed by atoms with Crippen LogP contribution < -0.4 is 9.64 Å². The highest BCUT2D eigenvalue weighted by Gasteiger charge is 2.50. The second kappa shape index (κ2) is 6.72. The van der Waals surface area contributed by atoms with E-state index in [1.54, 1.807) is 24.3 Å². The normalized spacial score (nSPS) is 24.7. The van der Waals surface area contributed by atoms with Gasteiger partial charge in [-0.05, 0) is 60.9 Å². The van der Waals surface area contributed by atoms with Gasteiger partial charge in [0.2, 0.25) is 11.8 Å². The van der Waals surface area contributed by atoms with E-state index in [2.05, 4.69) is 15.9 Å². The Morgan fingerprint density at radius 3 is 2.19 bits per heavy atom. The largest absolute Gasteiger partial charge is 0.457 e. The second-order valence-electron chi connectivity index (χ2n) is 6.72. The van der Waals surface area contributed by atoms with E-state index in [-0.39, 0.29) is 29.6 Å². The molecule has 0 aromatic heterocycles. The Bertz CT molecular complexity index is 873. The van der Waals surface area contributed by atoms with Gasteiger partial charge in [-0.1, -0.05) is 35.0 Å². The van der Waals surface area contributed by atoms with Crippen LogP contribution in [0.5, 0.6) is 11.5 Å². The smallest absolute Gasteiger partial charge is 0.238 e. The van der Waals surface area contributed by atoms with Crippen molar-refractivity contribution in [3.63, 3.8) is 0 Å². The molecule has 1 fully saturated rings. The summed E-state index contributed by atoms with van der Waals surface area (Å²) in [4.78, 5) is 26.9. The first-order valence-electron chi connectivity index (χ1n) is 8.62. The maximum atomic E-state index is 12.8. The number of carbonyl (C=O) groups is 2. The highest BCUT2D eigenvalue weighted by Crippen LogP contribution is 2.40. The Labute approximate surface area is 160 Å². The van der Waals surface area contributed by atoms with Crippen LogP contribution >= 0.6 is 15.9 Å². The van der Waals surface area contributed by atoms with Crippen LogP contribution in [0.25, 0.3) is 0 Å². The predicted octanol–water partition coefficient (Wildman–Crippen LogP) is 4.94. The summed E-state index contributed by atoms with van der Waals surface area (Å²) in [5.74, 6) is 0.793. The quantitative estimate of drug-likeness (QED) is 0.530. The van der Waals surface area contributed by atoms with Crippen LogP contribution in [0.3, 0.4) is 0 Å². The number of carbonyl (C=O) groups excluding carboxylic acids is 2. The van der Waals surface area contributed by atoms with Crippen LogP contribution in [0.4, 0.5) is 5.69 Å². The van der Waals surface area contributed by atoms with Gasteiger partial charge < -0.3 is 4.74 Å². The number of anilines is 1. The lowest BCUT2D eigenvalue weighted by atomic mass is 9.78. The lowest BCUT2D eigenvalue weighted by Crippen LogP contribution is -2.31. The monoisotopic (exact) mass is 411 g/mol. The van der Waals surface area contributed by atoms with Crippen LogP contribution in [0.1, 0.15) is 13.3 Å². The minimum Gasteiger partial charge on any atom is -0.457 e. The molecule has 0 saturated carbocycles. The summed E-state index contributed by atoms with van der Waals surface area (Å²) < 4.78 is 6.78. The SMILES string of the molecule is C[C@@H]1C=CC[C@H]2C(=O)N(c3ccc(Oc4ccc(Br)cc4)cc3)C(=O)[C@H]12. The van der Waals surface area contributed by atoms with E-state index in [1.165, 1.54) is 4.90 Å². The van der Waals surface area contributed by atoms with E-state index < -0.39 is 0 Å². The first-order valence-corrected chi connectivity index (χ1v) is 9.42. The number of hydrogen-bond donors (Lipinski definition) is 0. The molecule has 0 unspecified atom stereocenters. The van der Waals surface area contributed by atoms with Crippen molar-refractivity contribution in [2.45, 2.75) is 13.3 Å². The zero-order chi connectivity index (χ0) is 18.3. The van der Waals surface area contributed by atoms with E-state index >= 15 is 0 Å². The molecule has 2 aromatic carbocycles. The molecule has 5 heteroatoms. The van der Waals surface area contributed by atoms with E-state index in [0.717, 1.165) is 10.2 Å². The fourth-order valence-corrected chi connectivity index (χ4v) is 3.97. The van der Waals surface area contributed by atoms with Crippen molar-refractivity contribution in [3.8, 4) is 11.5 Å². The third-order valence-corrected chi connectivity index (χ3v) is 5.55. The molecule has 4 nitrogen and oxygen atoms in total. The number of imide groups is 1.